The maximum absolute atomic E-state index is 12.9. The standard InChI is InChI=1S/C24H15Cl2NO3/c25-15-10-11-16(18(26)12-15)20-21-22(17-8-4-5-9-19(17)29-24(21)28)30-23(20)27-13-14-6-2-1-3-7-14/h1-12,27H,13H2. The van der Waals surface area contributed by atoms with Gasteiger partial charge in [0, 0.05) is 17.1 Å². The Bertz CT molecular complexity index is 1440. The predicted molar refractivity (Wildman–Crippen MR) is 121 cm³/mol. The van der Waals surface area contributed by atoms with Crippen LogP contribution in [0, 0.1) is 0 Å². The molecule has 3 aromatic carbocycles. The monoisotopic (exact) mass is 435 g/mol. The number of benzene rings is 3. The molecular weight excluding hydrogens is 421 g/mol. The molecule has 148 valence electrons. The molecule has 30 heavy (non-hydrogen) atoms. The lowest BCUT2D eigenvalue weighted by Crippen LogP contribution is -2.02. The van der Waals surface area contributed by atoms with E-state index in [1.165, 1.54) is 0 Å². The minimum Gasteiger partial charge on any atom is -0.439 e. The first kappa shape index (κ1) is 18.8. The number of fused-ring (bicyclic) bond motifs is 3. The highest BCUT2D eigenvalue weighted by Gasteiger charge is 2.24. The number of halogens is 2. The zero-order chi connectivity index (χ0) is 20.7. The largest absolute Gasteiger partial charge is 0.439 e. The van der Waals surface area contributed by atoms with Gasteiger partial charge >= 0.3 is 5.63 Å². The molecule has 0 aliphatic carbocycles. The third-order valence-electron chi connectivity index (χ3n) is 4.94. The molecule has 2 heterocycles. The fraction of sp³-hybridized carbons (Fsp3) is 0.0417. The Hall–Kier alpha value is -3.21. The summed E-state index contributed by atoms with van der Waals surface area (Å²) in [5.41, 5.74) is 2.70. The molecular formula is C24H15Cl2NO3. The molecule has 2 aromatic heterocycles. The molecule has 5 aromatic rings. The van der Waals surface area contributed by atoms with Crippen molar-refractivity contribution < 1.29 is 8.83 Å². The summed E-state index contributed by atoms with van der Waals surface area (Å²) < 4.78 is 11.8. The van der Waals surface area contributed by atoms with E-state index in [0.29, 0.717) is 55.5 Å². The Morgan fingerprint density at radius 3 is 2.43 bits per heavy atom. The van der Waals surface area contributed by atoms with Crippen molar-refractivity contribution in [2.45, 2.75) is 6.54 Å². The van der Waals surface area contributed by atoms with Crippen molar-refractivity contribution in [3.05, 3.63) is 98.8 Å². The Balaban J connectivity index is 1.77. The van der Waals surface area contributed by atoms with E-state index in [1.807, 2.05) is 48.5 Å². The number of hydrogen-bond donors (Lipinski definition) is 1. The summed E-state index contributed by atoms with van der Waals surface area (Å²) in [6, 6.07) is 22.3. The van der Waals surface area contributed by atoms with Crippen LogP contribution in [0.15, 0.2) is 86.4 Å². The normalized spacial score (nSPS) is 11.3. The summed E-state index contributed by atoms with van der Waals surface area (Å²) >= 11 is 12.6. The third kappa shape index (κ3) is 3.24. The zero-order valence-corrected chi connectivity index (χ0v) is 17.1. The summed E-state index contributed by atoms with van der Waals surface area (Å²) in [6.07, 6.45) is 0. The SMILES string of the molecule is O=c1oc2ccccc2c2oc(NCc3ccccc3)c(-c3ccc(Cl)cc3Cl)c12. The number of rotatable bonds is 4. The van der Waals surface area contributed by atoms with Crippen LogP contribution < -0.4 is 10.9 Å². The smallest absolute Gasteiger partial charge is 0.348 e. The Morgan fingerprint density at radius 2 is 1.63 bits per heavy atom. The molecule has 0 unspecified atom stereocenters. The number of furan rings is 1. The summed E-state index contributed by atoms with van der Waals surface area (Å²) in [5, 5.41) is 5.29. The number of anilines is 1. The number of hydrogen-bond acceptors (Lipinski definition) is 4. The molecule has 0 saturated carbocycles. The van der Waals surface area contributed by atoms with Crippen molar-refractivity contribution in [2.24, 2.45) is 0 Å². The van der Waals surface area contributed by atoms with Crippen molar-refractivity contribution >= 4 is 51.0 Å². The molecule has 0 spiro atoms. The molecule has 0 bridgehead atoms. The van der Waals surface area contributed by atoms with Gasteiger partial charge in [0.05, 0.1) is 16.0 Å². The minimum absolute atomic E-state index is 0.341. The van der Waals surface area contributed by atoms with Gasteiger partial charge in [-0.05, 0) is 29.8 Å². The van der Waals surface area contributed by atoms with Crippen LogP contribution in [0.1, 0.15) is 5.56 Å². The molecule has 0 atom stereocenters. The van der Waals surface area contributed by atoms with Crippen LogP contribution in [0.5, 0.6) is 0 Å². The summed E-state index contributed by atoms with van der Waals surface area (Å²) in [5.74, 6) is 0.446. The Kier molecular flexibility index (Phi) is 4.74. The van der Waals surface area contributed by atoms with Crippen LogP contribution in [0.3, 0.4) is 0 Å². The van der Waals surface area contributed by atoms with Gasteiger partial charge in [-0.15, -0.1) is 0 Å². The van der Waals surface area contributed by atoms with E-state index in [-0.39, 0.29) is 0 Å². The van der Waals surface area contributed by atoms with Crippen LogP contribution in [-0.4, -0.2) is 0 Å². The molecule has 0 amide bonds. The van der Waals surface area contributed by atoms with E-state index < -0.39 is 5.63 Å². The minimum atomic E-state index is -0.485. The Labute approximate surface area is 181 Å². The summed E-state index contributed by atoms with van der Waals surface area (Å²) in [4.78, 5) is 12.9. The van der Waals surface area contributed by atoms with Gasteiger partial charge in [0.25, 0.3) is 0 Å². The average Bonchev–Trinajstić information content (AvgIpc) is 3.13. The van der Waals surface area contributed by atoms with Gasteiger partial charge in [-0.2, -0.15) is 0 Å². The second kappa shape index (κ2) is 7.56. The fourth-order valence-corrected chi connectivity index (χ4v) is 4.06. The van der Waals surface area contributed by atoms with Crippen LogP contribution in [0.2, 0.25) is 10.0 Å². The third-order valence-corrected chi connectivity index (χ3v) is 5.49. The molecule has 0 fully saturated rings. The lowest BCUT2D eigenvalue weighted by Gasteiger charge is -2.08. The van der Waals surface area contributed by atoms with E-state index in [1.54, 1.807) is 24.3 Å². The van der Waals surface area contributed by atoms with Gasteiger partial charge in [-0.25, -0.2) is 4.79 Å². The van der Waals surface area contributed by atoms with Gasteiger partial charge in [0.2, 0.25) is 5.88 Å². The van der Waals surface area contributed by atoms with E-state index in [9.17, 15) is 4.79 Å². The first-order valence-electron chi connectivity index (χ1n) is 9.33. The quantitative estimate of drug-likeness (QED) is 0.305. The lowest BCUT2D eigenvalue weighted by molar-refractivity contribution is 0.565. The Morgan fingerprint density at radius 1 is 0.867 bits per heavy atom. The summed E-state index contributed by atoms with van der Waals surface area (Å²) in [7, 11) is 0. The molecule has 1 N–H and O–H groups in total. The second-order valence-electron chi connectivity index (χ2n) is 6.86. The molecule has 0 aliphatic heterocycles. The van der Waals surface area contributed by atoms with Crippen molar-refractivity contribution in [1.29, 1.82) is 0 Å². The van der Waals surface area contributed by atoms with E-state index in [0.717, 1.165) is 5.56 Å². The van der Waals surface area contributed by atoms with Crippen molar-refractivity contribution in [3.63, 3.8) is 0 Å². The highest BCUT2D eigenvalue weighted by Crippen LogP contribution is 2.43. The molecule has 0 aliphatic rings. The maximum atomic E-state index is 12.9. The van der Waals surface area contributed by atoms with Crippen LogP contribution in [-0.2, 0) is 6.54 Å². The highest BCUT2D eigenvalue weighted by molar-refractivity contribution is 6.37. The van der Waals surface area contributed by atoms with E-state index in [4.69, 9.17) is 32.0 Å². The second-order valence-corrected chi connectivity index (χ2v) is 7.70. The van der Waals surface area contributed by atoms with Gasteiger partial charge in [0.15, 0.2) is 5.58 Å². The van der Waals surface area contributed by atoms with Crippen molar-refractivity contribution in [3.8, 4) is 11.1 Å². The molecule has 5 rings (SSSR count). The van der Waals surface area contributed by atoms with Crippen LogP contribution in [0.25, 0.3) is 33.1 Å². The average molecular weight is 436 g/mol. The van der Waals surface area contributed by atoms with Crippen molar-refractivity contribution in [2.75, 3.05) is 5.32 Å². The fourth-order valence-electron chi connectivity index (χ4n) is 3.56. The van der Waals surface area contributed by atoms with Gasteiger partial charge in [-0.3, -0.25) is 0 Å². The number of nitrogens with one attached hydrogen (secondary N) is 1. The van der Waals surface area contributed by atoms with Crippen LogP contribution in [0.4, 0.5) is 5.88 Å². The highest BCUT2D eigenvalue weighted by atomic mass is 35.5. The molecule has 0 radical (unpaired) electrons. The van der Waals surface area contributed by atoms with E-state index >= 15 is 0 Å². The lowest BCUT2D eigenvalue weighted by atomic mass is 10.0. The molecule has 0 saturated heterocycles. The predicted octanol–water partition coefficient (Wildman–Crippen LogP) is 7.13. The van der Waals surface area contributed by atoms with Gasteiger partial charge in [0.1, 0.15) is 11.0 Å². The molecule has 6 heteroatoms. The first-order chi connectivity index (χ1) is 14.6. The first-order valence-corrected chi connectivity index (χ1v) is 10.1. The van der Waals surface area contributed by atoms with Crippen LogP contribution >= 0.6 is 23.2 Å². The topological polar surface area (TPSA) is 55.4 Å². The summed E-state index contributed by atoms with van der Waals surface area (Å²) in [6.45, 7) is 0.516. The molecule has 4 nitrogen and oxygen atoms in total. The maximum Gasteiger partial charge on any atom is 0.348 e. The number of para-hydroxylation sites is 1. The zero-order valence-electron chi connectivity index (χ0n) is 15.6. The van der Waals surface area contributed by atoms with E-state index in [2.05, 4.69) is 5.32 Å². The van der Waals surface area contributed by atoms with Gasteiger partial charge < -0.3 is 14.2 Å². The van der Waals surface area contributed by atoms with Crippen molar-refractivity contribution in [1.82, 2.24) is 0 Å². The van der Waals surface area contributed by atoms with Gasteiger partial charge in [-0.1, -0.05) is 71.7 Å².